The van der Waals surface area contributed by atoms with Crippen LogP contribution in [-0.2, 0) is 0 Å². The lowest BCUT2D eigenvalue weighted by atomic mass is 9.95. The van der Waals surface area contributed by atoms with Crippen molar-refractivity contribution in [1.82, 2.24) is 0 Å². The van der Waals surface area contributed by atoms with Gasteiger partial charge in [0.15, 0.2) is 0 Å². The quantitative estimate of drug-likeness (QED) is 0.522. The summed E-state index contributed by atoms with van der Waals surface area (Å²) in [5.74, 6) is 0.832. The number of hydrogen-bond acceptors (Lipinski definition) is 3. The van der Waals surface area contributed by atoms with Gasteiger partial charge < -0.3 is 9.94 Å². The van der Waals surface area contributed by atoms with Gasteiger partial charge in [0, 0.05) is 12.0 Å². The maximum atomic E-state index is 8.98. The van der Waals surface area contributed by atoms with Crippen LogP contribution < -0.4 is 4.74 Å². The largest absolute Gasteiger partial charge is 0.490 e. The molecule has 1 aromatic rings. The molecule has 2 rings (SSSR count). The number of rotatable bonds is 0. The van der Waals surface area contributed by atoms with Crippen LogP contribution in [0.15, 0.2) is 17.3 Å². The average molecular weight is 205 g/mol. The maximum absolute atomic E-state index is 8.98. The fourth-order valence-electron chi connectivity index (χ4n) is 2.11. The predicted octanol–water partition coefficient (Wildman–Crippen LogP) is 2.65. The molecule has 1 unspecified atom stereocenters. The van der Waals surface area contributed by atoms with Crippen LogP contribution in [0.25, 0.3) is 0 Å². The first-order valence-corrected chi connectivity index (χ1v) is 5.11. The van der Waals surface area contributed by atoms with Gasteiger partial charge in [-0.3, -0.25) is 0 Å². The highest BCUT2D eigenvalue weighted by atomic mass is 16.5. The summed E-state index contributed by atoms with van der Waals surface area (Å²) in [5.41, 5.74) is 3.93. The molecule has 0 aliphatic carbocycles. The highest BCUT2D eigenvalue weighted by Gasteiger charge is 2.24. The van der Waals surface area contributed by atoms with Gasteiger partial charge in [-0.1, -0.05) is 11.2 Å². The van der Waals surface area contributed by atoms with Crippen LogP contribution in [0.5, 0.6) is 5.75 Å². The molecule has 1 aliphatic heterocycles. The zero-order valence-corrected chi connectivity index (χ0v) is 9.24. The van der Waals surface area contributed by atoms with Gasteiger partial charge in [0.1, 0.15) is 11.9 Å². The second kappa shape index (κ2) is 3.57. The summed E-state index contributed by atoms with van der Waals surface area (Å²) in [4.78, 5) is 0. The number of hydrogen-bond donors (Lipinski definition) is 1. The van der Waals surface area contributed by atoms with Gasteiger partial charge in [0.2, 0.25) is 0 Å². The molecule has 0 spiro atoms. The van der Waals surface area contributed by atoms with Gasteiger partial charge in [0.25, 0.3) is 0 Å². The zero-order valence-electron chi connectivity index (χ0n) is 9.24. The van der Waals surface area contributed by atoms with Crippen molar-refractivity contribution in [1.29, 1.82) is 0 Å². The predicted molar refractivity (Wildman–Crippen MR) is 58.9 cm³/mol. The minimum atomic E-state index is 0.0737. The number of benzene rings is 1. The second-order valence-corrected chi connectivity index (χ2v) is 4.13. The number of aryl methyl sites for hydroxylation is 2. The zero-order chi connectivity index (χ0) is 11.0. The van der Waals surface area contributed by atoms with Crippen LogP contribution in [-0.4, -0.2) is 17.0 Å². The highest BCUT2D eigenvalue weighted by Crippen LogP contribution is 2.31. The molecule has 3 nitrogen and oxygen atoms in total. The Labute approximate surface area is 89.4 Å². The maximum Gasteiger partial charge on any atom is 0.129 e. The Bertz CT molecular complexity index is 424. The van der Waals surface area contributed by atoms with Crippen LogP contribution in [0.1, 0.15) is 30.0 Å². The van der Waals surface area contributed by atoms with Crippen molar-refractivity contribution in [3.05, 3.63) is 28.8 Å². The van der Waals surface area contributed by atoms with Crippen molar-refractivity contribution >= 4 is 5.71 Å². The first-order valence-electron chi connectivity index (χ1n) is 5.11. The van der Waals surface area contributed by atoms with E-state index < -0.39 is 0 Å². The Balaban J connectivity index is 2.61. The molecule has 1 aliphatic rings. The van der Waals surface area contributed by atoms with Gasteiger partial charge in [-0.25, -0.2) is 0 Å². The molecule has 0 saturated heterocycles. The monoisotopic (exact) mass is 205 g/mol. The molecule has 0 fully saturated rings. The average Bonchev–Trinajstić information content (AvgIpc) is 2.14. The van der Waals surface area contributed by atoms with Crippen LogP contribution in [0, 0.1) is 13.8 Å². The van der Waals surface area contributed by atoms with E-state index in [0.717, 1.165) is 28.2 Å². The first-order chi connectivity index (χ1) is 7.11. The van der Waals surface area contributed by atoms with Gasteiger partial charge in [-0.05, 0) is 38.0 Å². The molecule has 0 amide bonds. The van der Waals surface area contributed by atoms with Crippen LogP contribution in [0.2, 0.25) is 0 Å². The van der Waals surface area contributed by atoms with Gasteiger partial charge >= 0.3 is 0 Å². The molecule has 0 aromatic heterocycles. The van der Waals surface area contributed by atoms with Crippen molar-refractivity contribution in [2.75, 3.05) is 0 Å². The molecule has 1 heterocycles. The Morgan fingerprint density at radius 1 is 1.40 bits per heavy atom. The highest BCUT2D eigenvalue weighted by molar-refractivity contribution is 6.04. The summed E-state index contributed by atoms with van der Waals surface area (Å²) in [6, 6.07) is 4.06. The number of nitrogens with zero attached hydrogens (tertiary/aromatic N) is 1. The smallest absolute Gasteiger partial charge is 0.129 e. The van der Waals surface area contributed by atoms with E-state index in [0.29, 0.717) is 6.42 Å². The molecule has 1 N–H and O–H groups in total. The molecule has 0 saturated carbocycles. The lowest BCUT2D eigenvalue weighted by molar-refractivity contribution is 0.218. The van der Waals surface area contributed by atoms with E-state index in [1.54, 1.807) is 0 Å². The Kier molecular flexibility index (Phi) is 2.39. The molecule has 80 valence electrons. The number of fused-ring (bicyclic) bond motifs is 1. The number of ether oxygens (including phenoxy) is 1. The van der Waals surface area contributed by atoms with Crippen LogP contribution >= 0.6 is 0 Å². The van der Waals surface area contributed by atoms with E-state index in [4.69, 9.17) is 9.94 Å². The van der Waals surface area contributed by atoms with Gasteiger partial charge in [0.05, 0.1) is 5.71 Å². The third-order valence-corrected chi connectivity index (χ3v) is 2.66. The van der Waals surface area contributed by atoms with E-state index in [2.05, 4.69) is 11.2 Å². The van der Waals surface area contributed by atoms with Crippen molar-refractivity contribution in [2.24, 2.45) is 5.16 Å². The van der Waals surface area contributed by atoms with E-state index in [1.165, 1.54) is 0 Å². The van der Waals surface area contributed by atoms with Crippen molar-refractivity contribution in [3.63, 3.8) is 0 Å². The van der Waals surface area contributed by atoms with Crippen LogP contribution in [0.3, 0.4) is 0 Å². The molecular weight excluding hydrogens is 190 g/mol. The first kappa shape index (κ1) is 10.0. The lowest BCUT2D eigenvalue weighted by Gasteiger charge is -2.25. The summed E-state index contributed by atoms with van der Waals surface area (Å²) in [6.45, 7) is 6.02. The topological polar surface area (TPSA) is 41.8 Å². The van der Waals surface area contributed by atoms with E-state index >= 15 is 0 Å². The van der Waals surface area contributed by atoms with Crippen molar-refractivity contribution in [3.8, 4) is 5.75 Å². The number of oxime groups is 1. The third kappa shape index (κ3) is 1.69. The van der Waals surface area contributed by atoms with Crippen molar-refractivity contribution < 1.29 is 9.94 Å². The summed E-state index contributed by atoms with van der Waals surface area (Å²) >= 11 is 0. The molecule has 1 atom stereocenters. The van der Waals surface area contributed by atoms with E-state index in [9.17, 15) is 0 Å². The van der Waals surface area contributed by atoms with Crippen molar-refractivity contribution in [2.45, 2.75) is 33.3 Å². The molecule has 15 heavy (non-hydrogen) atoms. The van der Waals surface area contributed by atoms with Gasteiger partial charge in [-0.2, -0.15) is 0 Å². The molecular formula is C12H15NO2. The summed E-state index contributed by atoms with van der Waals surface area (Å²) in [7, 11) is 0. The molecule has 1 aromatic carbocycles. The SMILES string of the molecule is Cc1cc(C)c2c(c1)OC(C)CC2=NO. The third-order valence-electron chi connectivity index (χ3n) is 2.66. The molecule has 0 radical (unpaired) electrons. The van der Waals surface area contributed by atoms with Crippen LogP contribution in [0.4, 0.5) is 0 Å². The summed E-state index contributed by atoms with van der Waals surface area (Å²) in [6.07, 6.45) is 0.734. The Morgan fingerprint density at radius 3 is 2.80 bits per heavy atom. The lowest BCUT2D eigenvalue weighted by Crippen LogP contribution is -2.25. The second-order valence-electron chi connectivity index (χ2n) is 4.13. The summed E-state index contributed by atoms with van der Waals surface area (Å²) < 4.78 is 5.73. The Morgan fingerprint density at radius 2 is 2.13 bits per heavy atom. The minimum absolute atomic E-state index is 0.0737. The Hall–Kier alpha value is -1.51. The fraction of sp³-hybridized carbons (Fsp3) is 0.417. The standard InChI is InChI=1S/C12H15NO2/c1-7-4-8(2)12-10(13-14)6-9(3)15-11(12)5-7/h4-5,9,14H,6H2,1-3H3. The normalized spacial score (nSPS) is 22.3. The van der Waals surface area contributed by atoms with Gasteiger partial charge in [-0.15, -0.1) is 0 Å². The summed E-state index contributed by atoms with van der Waals surface area (Å²) in [5, 5.41) is 12.3. The molecule has 3 heteroatoms. The fourth-order valence-corrected chi connectivity index (χ4v) is 2.11. The van der Waals surface area contributed by atoms with E-state index in [1.807, 2.05) is 26.8 Å². The molecule has 0 bridgehead atoms. The van der Waals surface area contributed by atoms with E-state index in [-0.39, 0.29) is 6.10 Å². The minimum Gasteiger partial charge on any atom is -0.490 e.